The van der Waals surface area contributed by atoms with Gasteiger partial charge in [0.15, 0.2) is 0 Å². The molecule has 0 aromatic carbocycles. The Bertz CT molecular complexity index is 569. The number of unbranched alkanes of at least 4 members (excludes halogenated alkanes) is 15. The van der Waals surface area contributed by atoms with Crippen molar-refractivity contribution in [2.45, 2.75) is 181 Å². The van der Waals surface area contributed by atoms with Crippen molar-refractivity contribution in [2.24, 2.45) is 0 Å². The quantitative estimate of drug-likeness (QED) is 0.0554. The van der Waals surface area contributed by atoms with Crippen LogP contribution >= 0.6 is 0 Å². The first-order chi connectivity index (χ1) is 20.6. The molecule has 0 saturated heterocycles. The molecule has 6 nitrogen and oxygen atoms in total. The third kappa shape index (κ3) is 29.0. The Balaban J connectivity index is 4.16. The molecule has 0 heterocycles. The first-order valence-corrected chi connectivity index (χ1v) is 18.1. The number of carbonyl (C=O) groups excluding carboxylic acids is 2. The van der Waals surface area contributed by atoms with Crippen molar-refractivity contribution in [3.05, 3.63) is 0 Å². The fourth-order valence-electron chi connectivity index (χ4n) is 5.35. The Morgan fingerprint density at radius 1 is 0.524 bits per heavy atom. The van der Waals surface area contributed by atoms with Gasteiger partial charge in [0.05, 0.1) is 13.2 Å². The van der Waals surface area contributed by atoms with Crippen molar-refractivity contribution in [3.63, 3.8) is 0 Å². The molecule has 0 rings (SSSR count). The zero-order chi connectivity index (χ0) is 30.9. The minimum atomic E-state index is -0.0789. The molecular formula is C36H71NO5. The standard InChI is InChI=1S/C36H71NO5/c1-5-8-11-13-16-20-25-34(26-21-17-14-12-9-6-2)42-36(39)27-22-18-15-19-23-29-37(31-33-40-4)30-24-28-35(38)41-32-10-7-3/h34H,5-33H2,1-4H3. The van der Waals surface area contributed by atoms with Gasteiger partial charge in [-0.25, -0.2) is 0 Å². The van der Waals surface area contributed by atoms with Gasteiger partial charge >= 0.3 is 11.9 Å². The van der Waals surface area contributed by atoms with E-state index in [-0.39, 0.29) is 18.0 Å². The Morgan fingerprint density at radius 3 is 1.62 bits per heavy atom. The normalized spacial score (nSPS) is 11.5. The molecule has 6 heteroatoms. The fourth-order valence-corrected chi connectivity index (χ4v) is 5.35. The van der Waals surface area contributed by atoms with Gasteiger partial charge in [-0.1, -0.05) is 111 Å². The Hall–Kier alpha value is -1.14. The zero-order valence-corrected chi connectivity index (χ0v) is 28.6. The summed E-state index contributed by atoms with van der Waals surface area (Å²) in [5, 5.41) is 0. The summed E-state index contributed by atoms with van der Waals surface area (Å²) in [5.74, 6) is -0.0688. The van der Waals surface area contributed by atoms with Crippen LogP contribution in [-0.4, -0.2) is 62.9 Å². The van der Waals surface area contributed by atoms with E-state index in [4.69, 9.17) is 14.2 Å². The van der Waals surface area contributed by atoms with E-state index in [0.717, 1.165) is 83.8 Å². The van der Waals surface area contributed by atoms with Gasteiger partial charge in [-0.2, -0.15) is 0 Å². The predicted octanol–water partition coefficient (Wildman–Crippen LogP) is 9.81. The van der Waals surface area contributed by atoms with Crippen LogP contribution in [0.4, 0.5) is 0 Å². The third-order valence-electron chi connectivity index (χ3n) is 8.14. The molecule has 0 aromatic heterocycles. The molecule has 0 atom stereocenters. The van der Waals surface area contributed by atoms with Crippen LogP contribution in [0.1, 0.15) is 175 Å². The molecule has 0 aliphatic heterocycles. The van der Waals surface area contributed by atoms with E-state index in [1.165, 1.54) is 77.0 Å². The van der Waals surface area contributed by atoms with Gasteiger partial charge in [-0.3, -0.25) is 9.59 Å². The summed E-state index contributed by atoms with van der Waals surface area (Å²) in [6, 6.07) is 0. The van der Waals surface area contributed by atoms with Crippen LogP contribution in [0.5, 0.6) is 0 Å². The maximum atomic E-state index is 12.6. The van der Waals surface area contributed by atoms with Crippen LogP contribution in [0.15, 0.2) is 0 Å². The number of methoxy groups -OCH3 is 1. The van der Waals surface area contributed by atoms with Gasteiger partial charge in [-0.15, -0.1) is 0 Å². The smallest absolute Gasteiger partial charge is 0.306 e. The minimum absolute atomic E-state index is 0.0101. The largest absolute Gasteiger partial charge is 0.466 e. The van der Waals surface area contributed by atoms with Crippen LogP contribution in [0.3, 0.4) is 0 Å². The van der Waals surface area contributed by atoms with E-state index >= 15 is 0 Å². The summed E-state index contributed by atoms with van der Waals surface area (Å²) in [6.07, 6.45) is 26.9. The monoisotopic (exact) mass is 598 g/mol. The van der Waals surface area contributed by atoms with Gasteiger partial charge in [0.1, 0.15) is 6.10 Å². The summed E-state index contributed by atoms with van der Waals surface area (Å²) in [5.41, 5.74) is 0. The number of esters is 2. The van der Waals surface area contributed by atoms with Crippen LogP contribution in [0.25, 0.3) is 0 Å². The van der Waals surface area contributed by atoms with Crippen molar-refractivity contribution in [2.75, 3.05) is 40.0 Å². The molecule has 250 valence electrons. The van der Waals surface area contributed by atoms with Crippen LogP contribution in [0.2, 0.25) is 0 Å². The molecule has 0 unspecified atom stereocenters. The molecule has 0 fully saturated rings. The topological polar surface area (TPSA) is 65.1 Å². The highest BCUT2D eigenvalue weighted by molar-refractivity contribution is 5.69. The SMILES string of the molecule is CCCCCCCCC(CCCCCCCC)OC(=O)CCCCCCCN(CCCC(=O)OCCCC)CCOC. The zero-order valence-electron chi connectivity index (χ0n) is 28.6. The lowest BCUT2D eigenvalue weighted by atomic mass is 10.0. The molecular weight excluding hydrogens is 526 g/mol. The summed E-state index contributed by atoms with van der Waals surface area (Å²) in [4.78, 5) is 26.9. The van der Waals surface area contributed by atoms with Crippen molar-refractivity contribution in [1.82, 2.24) is 4.90 Å². The van der Waals surface area contributed by atoms with Gasteiger partial charge in [0.2, 0.25) is 0 Å². The van der Waals surface area contributed by atoms with Gasteiger partial charge < -0.3 is 19.1 Å². The van der Waals surface area contributed by atoms with Crippen LogP contribution in [-0.2, 0) is 23.8 Å². The molecule has 42 heavy (non-hydrogen) atoms. The number of carbonyl (C=O) groups is 2. The van der Waals surface area contributed by atoms with Crippen LogP contribution < -0.4 is 0 Å². The van der Waals surface area contributed by atoms with E-state index in [2.05, 4.69) is 25.7 Å². The second-order valence-electron chi connectivity index (χ2n) is 12.3. The highest BCUT2D eigenvalue weighted by Crippen LogP contribution is 2.18. The van der Waals surface area contributed by atoms with Gasteiger partial charge in [-0.05, 0) is 64.5 Å². The van der Waals surface area contributed by atoms with Crippen molar-refractivity contribution in [3.8, 4) is 0 Å². The minimum Gasteiger partial charge on any atom is -0.466 e. The first kappa shape index (κ1) is 40.9. The van der Waals surface area contributed by atoms with E-state index in [1.54, 1.807) is 7.11 Å². The number of hydrogen-bond donors (Lipinski definition) is 0. The molecule has 0 N–H and O–H groups in total. The molecule has 0 aliphatic rings. The first-order valence-electron chi connectivity index (χ1n) is 18.1. The van der Waals surface area contributed by atoms with Gasteiger partial charge in [0.25, 0.3) is 0 Å². The average Bonchev–Trinajstić information content (AvgIpc) is 2.98. The highest BCUT2D eigenvalue weighted by atomic mass is 16.5. The summed E-state index contributed by atoms with van der Waals surface area (Å²) in [7, 11) is 1.74. The van der Waals surface area contributed by atoms with E-state index < -0.39 is 0 Å². The fraction of sp³-hybridized carbons (Fsp3) is 0.944. The molecule has 0 amide bonds. The molecule has 0 radical (unpaired) electrons. The number of ether oxygens (including phenoxy) is 3. The van der Waals surface area contributed by atoms with E-state index in [1.807, 2.05) is 0 Å². The van der Waals surface area contributed by atoms with E-state index in [0.29, 0.717) is 26.1 Å². The summed E-state index contributed by atoms with van der Waals surface area (Å²) in [6.45, 7) is 10.7. The number of rotatable bonds is 33. The molecule has 0 aliphatic carbocycles. The second-order valence-corrected chi connectivity index (χ2v) is 12.3. The second kappa shape index (κ2) is 32.8. The maximum Gasteiger partial charge on any atom is 0.306 e. The Labute approximate surface area is 261 Å². The number of nitrogens with zero attached hydrogens (tertiary/aromatic N) is 1. The molecule has 0 aromatic rings. The van der Waals surface area contributed by atoms with Crippen molar-refractivity contribution in [1.29, 1.82) is 0 Å². The van der Waals surface area contributed by atoms with Crippen molar-refractivity contribution >= 4 is 11.9 Å². The lowest BCUT2D eigenvalue weighted by Gasteiger charge is -2.21. The third-order valence-corrected chi connectivity index (χ3v) is 8.14. The van der Waals surface area contributed by atoms with Crippen molar-refractivity contribution < 1.29 is 23.8 Å². The number of hydrogen-bond acceptors (Lipinski definition) is 6. The summed E-state index contributed by atoms with van der Waals surface area (Å²) >= 11 is 0. The Morgan fingerprint density at radius 2 is 1.02 bits per heavy atom. The Kier molecular flexibility index (Phi) is 31.9. The van der Waals surface area contributed by atoms with Crippen LogP contribution in [0, 0.1) is 0 Å². The summed E-state index contributed by atoms with van der Waals surface area (Å²) < 4.78 is 16.5. The maximum absolute atomic E-state index is 12.6. The lowest BCUT2D eigenvalue weighted by molar-refractivity contribution is -0.150. The molecule has 0 saturated carbocycles. The predicted molar refractivity (Wildman–Crippen MR) is 177 cm³/mol. The molecule has 0 bridgehead atoms. The van der Waals surface area contributed by atoms with Gasteiger partial charge in [0, 0.05) is 26.5 Å². The highest BCUT2D eigenvalue weighted by Gasteiger charge is 2.14. The lowest BCUT2D eigenvalue weighted by Crippen LogP contribution is -2.30. The average molecular weight is 598 g/mol. The molecule has 0 spiro atoms. The van der Waals surface area contributed by atoms with E-state index in [9.17, 15) is 9.59 Å².